The van der Waals surface area contributed by atoms with Crippen LogP contribution in [0.15, 0.2) is 35.9 Å². The zero-order valence-corrected chi connectivity index (χ0v) is 8.59. The number of amides is 1. The first-order valence-electron chi connectivity index (χ1n) is 5.52. The Morgan fingerprint density at radius 1 is 1.19 bits per heavy atom. The summed E-state index contributed by atoms with van der Waals surface area (Å²) in [4.78, 5) is 10.9. The summed E-state index contributed by atoms with van der Waals surface area (Å²) in [5.41, 5.74) is 8.97. The molecule has 1 aromatic rings. The summed E-state index contributed by atoms with van der Waals surface area (Å²) in [5, 5.41) is 0. The predicted octanol–water partition coefficient (Wildman–Crippen LogP) is 1.47. The molecule has 4 unspecified atom stereocenters. The molecule has 1 saturated carbocycles. The Morgan fingerprint density at radius 3 is 2.25 bits per heavy atom. The molecule has 1 aliphatic carbocycles. The fourth-order valence-electron chi connectivity index (χ4n) is 3.30. The molecule has 0 spiro atoms. The van der Waals surface area contributed by atoms with Crippen molar-refractivity contribution in [2.45, 2.75) is 12.2 Å². The molecule has 2 bridgehead atoms. The van der Waals surface area contributed by atoms with Crippen molar-refractivity contribution in [3.8, 4) is 0 Å². The highest BCUT2D eigenvalue weighted by Crippen LogP contribution is 2.72. The van der Waals surface area contributed by atoms with Crippen LogP contribution in [0.1, 0.15) is 23.3 Å². The van der Waals surface area contributed by atoms with E-state index in [2.05, 4.69) is 12.1 Å². The summed E-state index contributed by atoms with van der Waals surface area (Å²) in [7, 11) is 0. The summed E-state index contributed by atoms with van der Waals surface area (Å²) in [6.45, 7) is 0. The van der Waals surface area contributed by atoms with Crippen LogP contribution in [0.25, 0.3) is 0 Å². The first kappa shape index (κ1) is 8.53. The molecule has 3 aliphatic rings. The van der Waals surface area contributed by atoms with E-state index in [4.69, 9.17) is 10.5 Å². The third kappa shape index (κ3) is 0.854. The Morgan fingerprint density at radius 2 is 1.75 bits per heavy atom. The third-order valence-electron chi connectivity index (χ3n) is 3.91. The number of ether oxygens (including phenoxy) is 1. The van der Waals surface area contributed by atoms with Crippen molar-refractivity contribution in [2.75, 3.05) is 0 Å². The van der Waals surface area contributed by atoms with Gasteiger partial charge in [0.25, 0.3) is 0 Å². The molecule has 2 aliphatic heterocycles. The summed E-state index contributed by atoms with van der Waals surface area (Å²) < 4.78 is 5.92. The molecule has 2 heterocycles. The second-order valence-corrected chi connectivity index (χ2v) is 4.70. The van der Waals surface area contributed by atoms with Gasteiger partial charge in [-0.25, -0.2) is 0 Å². The van der Waals surface area contributed by atoms with Crippen LogP contribution in [-0.2, 0) is 9.53 Å². The van der Waals surface area contributed by atoms with Crippen molar-refractivity contribution in [1.82, 2.24) is 0 Å². The van der Waals surface area contributed by atoms with Crippen LogP contribution in [0.5, 0.6) is 0 Å². The number of hydrogen-bond acceptors (Lipinski definition) is 2. The first-order chi connectivity index (χ1) is 7.77. The smallest absolute Gasteiger partial charge is 0.241 e. The molecule has 0 aromatic heterocycles. The lowest BCUT2D eigenvalue weighted by atomic mass is 9.92. The fourth-order valence-corrected chi connectivity index (χ4v) is 3.30. The van der Waals surface area contributed by atoms with Crippen molar-refractivity contribution >= 4 is 5.91 Å². The molecule has 1 saturated heterocycles. The Balaban J connectivity index is 1.79. The van der Waals surface area contributed by atoms with Gasteiger partial charge in [0, 0.05) is 17.9 Å². The number of hydrogen-bond donors (Lipinski definition) is 1. The molecule has 3 heteroatoms. The highest BCUT2D eigenvalue weighted by atomic mass is 16.5. The Kier molecular flexibility index (Phi) is 1.36. The standard InChI is InChI=1S/C13H11NO2/c14-9(15)5-8-10-11(8)13-7-4-2-1-3-6(7)12(10)16-13/h1-5,10-13H,(H2,14,15). The topological polar surface area (TPSA) is 52.3 Å². The van der Waals surface area contributed by atoms with Crippen LogP contribution >= 0.6 is 0 Å². The van der Waals surface area contributed by atoms with E-state index in [-0.39, 0.29) is 18.1 Å². The number of benzene rings is 1. The first-order valence-corrected chi connectivity index (χ1v) is 5.52. The largest absolute Gasteiger partial charge is 0.366 e. The molecule has 2 N–H and O–H groups in total. The molecular formula is C13H11NO2. The molecule has 0 radical (unpaired) electrons. The van der Waals surface area contributed by atoms with Gasteiger partial charge in [0.2, 0.25) is 5.91 Å². The Hall–Kier alpha value is -1.61. The van der Waals surface area contributed by atoms with Crippen molar-refractivity contribution < 1.29 is 9.53 Å². The molecule has 3 nitrogen and oxygen atoms in total. The molecule has 2 fully saturated rings. The van der Waals surface area contributed by atoms with E-state index in [0.29, 0.717) is 11.8 Å². The highest BCUT2D eigenvalue weighted by Gasteiger charge is 2.65. The minimum Gasteiger partial charge on any atom is -0.366 e. The maximum absolute atomic E-state index is 10.9. The van der Waals surface area contributed by atoms with Gasteiger partial charge in [-0.05, 0) is 11.1 Å². The van der Waals surface area contributed by atoms with Gasteiger partial charge in [0.1, 0.15) is 0 Å². The average molecular weight is 213 g/mol. The average Bonchev–Trinajstić information content (AvgIpc) is 2.73. The molecule has 1 amide bonds. The number of nitrogens with two attached hydrogens (primary N) is 1. The minimum absolute atomic E-state index is 0.164. The summed E-state index contributed by atoms with van der Waals surface area (Å²) in [5.74, 6) is 0.479. The fraction of sp³-hybridized carbons (Fsp3) is 0.308. The van der Waals surface area contributed by atoms with Crippen LogP contribution in [0.4, 0.5) is 0 Å². The van der Waals surface area contributed by atoms with E-state index in [1.807, 2.05) is 12.1 Å². The second-order valence-electron chi connectivity index (χ2n) is 4.70. The van der Waals surface area contributed by atoms with Gasteiger partial charge >= 0.3 is 0 Å². The lowest BCUT2D eigenvalue weighted by Gasteiger charge is -2.08. The van der Waals surface area contributed by atoms with Crippen LogP contribution in [0.3, 0.4) is 0 Å². The second kappa shape index (κ2) is 2.55. The molecule has 16 heavy (non-hydrogen) atoms. The lowest BCUT2D eigenvalue weighted by molar-refractivity contribution is -0.113. The molecule has 1 aromatic carbocycles. The van der Waals surface area contributed by atoms with Gasteiger partial charge in [-0.15, -0.1) is 0 Å². The van der Waals surface area contributed by atoms with E-state index < -0.39 is 0 Å². The zero-order chi connectivity index (χ0) is 10.9. The van der Waals surface area contributed by atoms with Crippen LogP contribution < -0.4 is 5.73 Å². The normalized spacial score (nSPS) is 36.9. The van der Waals surface area contributed by atoms with E-state index in [9.17, 15) is 4.79 Å². The third-order valence-corrected chi connectivity index (χ3v) is 3.91. The van der Waals surface area contributed by atoms with E-state index in [0.717, 1.165) is 0 Å². The molecule has 4 atom stereocenters. The van der Waals surface area contributed by atoms with Crippen molar-refractivity contribution in [2.24, 2.45) is 17.6 Å². The quantitative estimate of drug-likeness (QED) is 0.718. The van der Waals surface area contributed by atoms with Gasteiger partial charge in [0.05, 0.1) is 12.2 Å². The highest BCUT2D eigenvalue weighted by molar-refractivity contribution is 5.88. The van der Waals surface area contributed by atoms with E-state index >= 15 is 0 Å². The van der Waals surface area contributed by atoms with E-state index in [1.165, 1.54) is 16.7 Å². The van der Waals surface area contributed by atoms with Gasteiger partial charge in [0.15, 0.2) is 0 Å². The Labute approximate surface area is 92.9 Å². The molecule has 4 rings (SSSR count). The van der Waals surface area contributed by atoms with Crippen LogP contribution in [-0.4, -0.2) is 5.91 Å². The van der Waals surface area contributed by atoms with Crippen molar-refractivity contribution in [3.63, 3.8) is 0 Å². The number of rotatable bonds is 1. The zero-order valence-electron chi connectivity index (χ0n) is 8.59. The van der Waals surface area contributed by atoms with Gasteiger partial charge < -0.3 is 10.5 Å². The summed E-state index contributed by atoms with van der Waals surface area (Å²) in [6.07, 6.45) is 1.91. The lowest BCUT2D eigenvalue weighted by Crippen LogP contribution is -2.06. The van der Waals surface area contributed by atoms with Crippen molar-refractivity contribution in [1.29, 1.82) is 0 Å². The number of carbonyl (C=O) groups is 1. The van der Waals surface area contributed by atoms with Crippen molar-refractivity contribution in [3.05, 3.63) is 47.0 Å². The number of primary amides is 1. The SMILES string of the molecule is NC(=O)C=C1C2C3OC(c4ccccc43)C12. The molecular weight excluding hydrogens is 202 g/mol. The monoisotopic (exact) mass is 213 g/mol. The van der Waals surface area contributed by atoms with Gasteiger partial charge in [-0.2, -0.15) is 0 Å². The number of carbonyl (C=O) groups excluding carboxylic acids is 1. The minimum atomic E-state index is -0.340. The van der Waals surface area contributed by atoms with Crippen LogP contribution in [0.2, 0.25) is 0 Å². The van der Waals surface area contributed by atoms with Crippen LogP contribution in [0, 0.1) is 11.8 Å². The maximum Gasteiger partial charge on any atom is 0.241 e. The van der Waals surface area contributed by atoms with Gasteiger partial charge in [-0.1, -0.05) is 29.8 Å². The van der Waals surface area contributed by atoms with Gasteiger partial charge in [-0.3, -0.25) is 4.79 Å². The number of fused-ring (bicyclic) bond motifs is 8. The summed E-state index contributed by atoms with van der Waals surface area (Å²) in [6, 6.07) is 8.32. The maximum atomic E-state index is 10.9. The summed E-state index contributed by atoms with van der Waals surface area (Å²) >= 11 is 0. The Bertz CT molecular complexity index is 497. The van der Waals surface area contributed by atoms with E-state index in [1.54, 1.807) is 6.08 Å². The molecule has 80 valence electrons. The predicted molar refractivity (Wildman–Crippen MR) is 57.3 cm³/mol.